The summed E-state index contributed by atoms with van der Waals surface area (Å²) in [5.74, 6) is -0.884. The molecule has 0 bridgehead atoms. The monoisotopic (exact) mass is 279 g/mol. The number of hydrogen-bond acceptors (Lipinski definition) is 0. The van der Waals surface area contributed by atoms with Crippen molar-refractivity contribution in [3.05, 3.63) is 60.0 Å². The van der Waals surface area contributed by atoms with E-state index in [0.29, 0.717) is 11.6 Å². The second-order valence-corrected chi connectivity index (χ2v) is 4.47. The van der Waals surface area contributed by atoms with Gasteiger partial charge < -0.3 is 4.98 Å². The van der Waals surface area contributed by atoms with Gasteiger partial charge in [0.1, 0.15) is 5.82 Å². The third kappa shape index (κ3) is 2.15. The van der Waals surface area contributed by atoms with Crippen molar-refractivity contribution < 1.29 is 17.6 Å². The first-order valence-corrected chi connectivity index (χ1v) is 5.89. The maximum Gasteiger partial charge on any atom is 0.416 e. The van der Waals surface area contributed by atoms with Crippen LogP contribution in [0.3, 0.4) is 0 Å². The number of hydrogen-bond donors (Lipinski definition) is 1. The van der Waals surface area contributed by atoms with Gasteiger partial charge in [-0.25, -0.2) is 4.39 Å². The molecule has 0 aliphatic rings. The molecular formula is C15H9F4N. The van der Waals surface area contributed by atoms with Crippen LogP contribution >= 0.6 is 0 Å². The van der Waals surface area contributed by atoms with Crippen LogP contribution < -0.4 is 0 Å². The molecule has 1 aromatic heterocycles. The largest absolute Gasteiger partial charge is 0.416 e. The molecule has 0 saturated heterocycles. The smallest absolute Gasteiger partial charge is 0.361 e. The summed E-state index contributed by atoms with van der Waals surface area (Å²) in [6.07, 6.45) is -2.79. The van der Waals surface area contributed by atoms with E-state index in [-0.39, 0.29) is 5.56 Å². The Bertz CT molecular complexity index is 771. The Morgan fingerprint density at radius 3 is 2.40 bits per heavy atom. The number of aromatic nitrogens is 1. The van der Waals surface area contributed by atoms with Crippen LogP contribution in [0, 0.1) is 5.82 Å². The van der Waals surface area contributed by atoms with Gasteiger partial charge in [0.2, 0.25) is 0 Å². The van der Waals surface area contributed by atoms with Crippen molar-refractivity contribution in [3.63, 3.8) is 0 Å². The number of fused-ring (bicyclic) bond motifs is 1. The zero-order valence-electron chi connectivity index (χ0n) is 10.1. The Morgan fingerprint density at radius 2 is 1.70 bits per heavy atom. The first-order valence-electron chi connectivity index (χ1n) is 5.89. The van der Waals surface area contributed by atoms with Gasteiger partial charge >= 0.3 is 6.18 Å². The molecule has 3 aromatic rings. The standard InChI is InChI=1S/C15H9F4N/c16-13-8-11(15(17,18)19)3-4-12(13)10-2-1-9-5-6-20-14(9)7-10/h1-8,20H. The molecule has 0 unspecified atom stereocenters. The lowest BCUT2D eigenvalue weighted by molar-refractivity contribution is -0.137. The number of nitrogens with one attached hydrogen (secondary N) is 1. The SMILES string of the molecule is Fc1cc(C(F)(F)F)ccc1-c1ccc2cc[nH]c2c1. The van der Waals surface area contributed by atoms with Crippen molar-refractivity contribution >= 4 is 10.9 Å². The molecule has 0 saturated carbocycles. The molecule has 3 rings (SSSR count). The lowest BCUT2D eigenvalue weighted by Crippen LogP contribution is -2.05. The minimum absolute atomic E-state index is 0.148. The number of aromatic amines is 1. The molecular weight excluding hydrogens is 270 g/mol. The Kier molecular flexibility index (Phi) is 2.78. The van der Waals surface area contributed by atoms with Crippen LogP contribution in [-0.4, -0.2) is 4.98 Å². The third-order valence-electron chi connectivity index (χ3n) is 3.16. The maximum absolute atomic E-state index is 13.9. The molecule has 102 valence electrons. The van der Waals surface area contributed by atoms with Crippen LogP contribution in [0.2, 0.25) is 0 Å². The van der Waals surface area contributed by atoms with E-state index in [0.717, 1.165) is 23.0 Å². The summed E-state index contributed by atoms with van der Waals surface area (Å²) < 4.78 is 51.4. The Balaban J connectivity index is 2.09. The second kappa shape index (κ2) is 4.37. The fraction of sp³-hybridized carbons (Fsp3) is 0.0667. The summed E-state index contributed by atoms with van der Waals surface area (Å²) in [5.41, 5.74) is 0.502. The van der Waals surface area contributed by atoms with Gasteiger partial charge in [-0.05, 0) is 35.2 Å². The molecule has 0 radical (unpaired) electrons. The fourth-order valence-corrected chi connectivity index (χ4v) is 2.14. The van der Waals surface area contributed by atoms with E-state index < -0.39 is 17.6 Å². The minimum atomic E-state index is -4.54. The molecule has 0 aliphatic carbocycles. The summed E-state index contributed by atoms with van der Waals surface area (Å²) in [4.78, 5) is 2.98. The van der Waals surface area contributed by atoms with Crippen molar-refractivity contribution in [2.24, 2.45) is 0 Å². The zero-order chi connectivity index (χ0) is 14.3. The molecule has 0 fully saturated rings. The van der Waals surface area contributed by atoms with Crippen LogP contribution in [0.25, 0.3) is 22.0 Å². The van der Waals surface area contributed by atoms with Crippen molar-refractivity contribution in [2.75, 3.05) is 0 Å². The minimum Gasteiger partial charge on any atom is -0.361 e. The lowest BCUT2D eigenvalue weighted by Gasteiger charge is -2.09. The number of halogens is 4. The van der Waals surface area contributed by atoms with Gasteiger partial charge in [0.25, 0.3) is 0 Å². The van der Waals surface area contributed by atoms with Gasteiger partial charge in [-0.3, -0.25) is 0 Å². The Labute approximate surface area is 111 Å². The van der Waals surface area contributed by atoms with Crippen molar-refractivity contribution in [3.8, 4) is 11.1 Å². The van der Waals surface area contributed by atoms with E-state index in [1.165, 1.54) is 0 Å². The highest BCUT2D eigenvalue weighted by Gasteiger charge is 2.31. The highest BCUT2D eigenvalue weighted by molar-refractivity contribution is 5.84. The quantitative estimate of drug-likeness (QED) is 0.604. The van der Waals surface area contributed by atoms with Gasteiger partial charge in [0.05, 0.1) is 5.56 Å². The van der Waals surface area contributed by atoms with Gasteiger partial charge in [-0.15, -0.1) is 0 Å². The Hall–Kier alpha value is -2.30. The molecule has 1 nitrogen and oxygen atoms in total. The van der Waals surface area contributed by atoms with E-state index in [1.54, 1.807) is 24.4 Å². The van der Waals surface area contributed by atoms with E-state index >= 15 is 0 Å². The third-order valence-corrected chi connectivity index (χ3v) is 3.16. The zero-order valence-corrected chi connectivity index (χ0v) is 10.1. The molecule has 1 N–H and O–H groups in total. The normalized spacial score (nSPS) is 12.0. The molecule has 2 aromatic carbocycles. The van der Waals surface area contributed by atoms with Crippen molar-refractivity contribution in [1.29, 1.82) is 0 Å². The Morgan fingerprint density at radius 1 is 0.900 bits per heavy atom. The van der Waals surface area contributed by atoms with Crippen LogP contribution in [0.4, 0.5) is 17.6 Å². The van der Waals surface area contributed by atoms with Crippen molar-refractivity contribution in [2.45, 2.75) is 6.18 Å². The second-order valence-electron chi connectivity index (χ2n) is 4.47. The number of benzene rings is 2. The first kappa shape index (κ1) is 12.7. The number of alkyl halides is 3. The molecule has 1 heterocycles. The van der Waals surface area contributed by atoms with Crippen LogP contribution in [0.1, 0.15) is 5.56 Å². The lowest BCUT2D eigenvalue weighted by atomic mass is 10.0. The van der Waals surface area contributed by atoms with E-state index in [9.17, 15) is 17.6 Å². The van der Waals surface area contributed by atoms with Crippen molar-refractivity contribution in [1.82, 2.24) is 4.98 Å². The summed E-state index contributed by atoms with van der Waals surface area (Å²) in [6, 6.07) is 9.61. The topological polar surface area (TPSA) is 15.8 Å². The van der Waals surface area contributed by atoms with Crippen LogP contribution in [0.15, 0.2) is 48.7 Å². The van der Waals surface area contributed by atoms with Gasteiger partial charge in [-0.1, -0.05) is 18.2 Å². The predicted molar refractivity (Wildman–Crippen MR) is 68.7 cm³/mol. The maximum atomic E-state index is 13.9. The van der Waals surface area contributed by atoms with E-state index in [2.05, 4.69) is 4.98 Å². The average Bonchev–Trinajstić information content (AvgIpc) is 2.84. The summed E-state index contributed by atoms with van der Waals surface area (Å²) in [7, 11) is 0. The molecule has 0 atom stereocenters. The molecule has 20 heavy (non-hydrogen) atoms. The fourth-order valence-electron chi connectivity index (χ4n) is 2.14. The number of H-pyrrole nitrogens is 1. The molecule has 0 aliphatic heterocycles. The van der Waals surface area contributed by atoms with E-state index in [1.807, 2.05) is 6.07 Å². The molecule has 0 spiro atoms. The van der Waals surface area contributed by atoms with Crippen LogP contribution in [0.5, 0.6) is 0 Å². The highest BCUT2D eigenvalue weighted by Crippen LogP contribution is 2.33. The summed E-state index contributed by atoms with van der Waals surface area (Å²) >= 11 is 0. The summed E-state index contributed by atoms with van der Waals surface area (Å²) in [5, 5.41) is 0.959. The predicted octanol–water partition coefficient (Wildman–Crippen LogP) is 4.99. The van der Waals surface area contributed by atoms with Crippen LogP contribution in [-0.2, 0) is 6.18 Å². The first-order chi connectivity index (χ1) is 9.45. The van der Waals surface area contributed by atoms with Gasteiger partial charge in [0.15, 0.2) is 0 Å². The highest BCUT2D eigenvalue weighted by atomic mass is 19.4. The molecule has 0 amide bonds. The average molecular weight is 279 g/mol. The summed E-state index contributed by atoms with van der Waals surface area (Å²) in [6.45, 7) is 0. The van der Waals surface area contributed by atoms with Gasteiger partial charge in [0, 0.05) is 17.3 Å². The molecule has 5 heteroatoms. The van der Waals surface area contributed by atoms with Gasteiger partial charge in [-0.2, -0.15) is 13.2 Å². The van der Waals surface area contributed by atoms with E-state index in [4.69, 9.17) is 0 Å². The number of rotatable bonds is 1.